The fourth-order valence-electron chi connectivity index (χ4n) is 2.14. The number of anilines is 1. The highest BCUT2D eigenvalue weighted by Gasteiger charge is 2.30. The zero-order chi connectivity index (χ0) is 11.0. The van der Waals surface area contributed by atoms with Gasteiger partial charge in [0.05, 0.1) is 0 Å². The summed E-state index contributed by atoms with van der Waals surface area (Å²) in [6, 6.07) is 8.20. The first kappa shape index (κ1) is 10.2. The fourth-order valence-corrected chi connectivity index (χ4v) is 2.14. The summed E-state index contributed by atoms with van der Waals surface area (Å²) in [4.78, 5) is 13.9. The summed E-state index contributed by atoms with van der Waals surface area (Å²) in [5.41, 5.74) is 2.40. The molecule has 0 aromatic heterocycles. The molecule has 0 spiro atoms. The maximum atomic E-state index is 12.0. The van der Waals surface area contributed by atoms with Crippen LogP contribution in [0.25, 0.3) is 0 Å². The molecule has 1 aliphatic rings. The second-order valence-electron chi connectivity index (χ2n) is 4.56. The molecule has 80 valence electrons. The molecule has 0 saturated carbocycles. The molecular formula is C13H17NO. The van der Waals surface area contributed by atoms with Crippen molar-refractivity contribution in [3.63, 3.8) is 0 Å². The lowest BCUT2D eigenvalue weighted by Crippen LogP contribution is -2.32. The van der Waals surface area contributed by atoms with Crippen LogP contribution in [0.2, 0.25) is 0 Å². The zero-order valence-corrected chi connectivity index (χ0v) is 9.53. The number of hydrogen-bond donors (Lipinski definition) is 0. The Morgan fingerprint density at radius 3 is 2.73 bits per heavy atom. The van der Waals surface area contributed by atoms with Crippen LogP contribution in [-0.2, 0) is 4.79 Å². The first-order chi connectivity index (χ1) is 7.11. The normalized spacial score (nSPS) is 19.5. The Labute approximate surface area is 90.9 Å². The molecule has 0 saturated heterocycles. The van der Waals surface area contributed by atoms with Gasteiger partial charge in [0, 0.05) is 24.1 Å². The number of carbonyl (C=O) groups is 1. The topological polar surface area (TPSA) is 20.3 Å². The number of rotatable bonds is 1. The molecule has 0 aliphatic carbocycles. The van der Waals surface area contributed by atoms with E-state index in [4.69, 9.17) is 0 Å². The summed E-state index contributed by atoms with van der Waals surface area (Å²) in [5.74, 6) is 0.763. The van der Waals surface area contributed by atoms with Crippen LogP contribution in [0.15, 0.2) is 24.3 Å². The number of fused-ring (bicyclic) bond motifs is 1. The average Bonchev–Trinajstić information content (AvgIpc) is 2.56. The smallest absolute Gasteiger partial charge is 0.229 e. The van der Waals surface area contributed by atoms with Crippen LogP contribution in [0.3, 0.4) is 0 Å². The molecule has 2 nitrogen and oxygen atoms in total. The van der Waals surface area contributed by atoms with Crippen LogP contribution in [-0.4, -0.2) is 12.5 Å². The van der Waals surface area contributed by atoms with Crippen molar-refractivity contribution in [3.8, 4) is 0 Å². The molecule has 0 fully saturated rings. The first-order valence-electron chi connectivity index (χ1n) is 5.51. The van der Waals surface area contributed by atoms with Crippen molar-refractivity contribution in [2.24, 2.45) is 5.92 Å². The number of carbonyl (C=O) groups excluding carboxylic acids is 1. The van der Waals surface area contributed by atoms with Crippen molar-refractivity contribution in [1.82, 2.24) is 0 Å². The number of para-hydroxylation sites is 1. The Morgan fingerprint density at radius 2 is 2.07 bits per heavy atom. The van der Waals surface area contributed by atoms with Gasteiger partial charge in [-0.05, 0) is 11.6 Å². The van der Waals surface area contributed by atoms with E-state index in [-0.39, 0.29) is 11.8 Å². The first-order valence-corrected chi connectivity index (χ1v) is 5.51. The summed E-state index contributed by atoms with van der Waals surface area (Å²) < 4.78 is 0. The third kappa shape index (κ3) is 1.65. The molecule has 1 amide bonds. The predicted octanol–water partition coefficient (Wildman–Crippen LogP) is 2.79. The summed E-state index contributed by atoms with van der Waals surface area (Å²) in [6.07, 6.45) is 0. The minimum absolute atomic E-state index is 0.0726. The molecule has 1 unspecified atom stereocenters. The van der Waals surface area contributed by atoms with Crippen molar-refractivity contribution in [2.45, 2.75) is 26.7 Å². The maximum absolute atomic E-state index is 12.0. The van der Waals surface area contributed by atoms with Crippen LogP contribution in [0.5, 0.6) is 0 Å². The van der Waals surface area contributed by atoms with Gasteiger partial charge in [-0.15, -0.1) is 0 Å². The van der Waals surface area contributed by atoms with Gasteiger partial charge < -0.3 is 4.90 Å². The highest BCUT2D eigenvalue weighted by molar-refractivity contribution is 5.96. The second kappa shape index (κ2) is 3.69. The summed E-state index contributed by atoms with van der Waals surface area (Å²) in [7, 11) is 0. The van der Waals surface area contributed by atoms with E-state index in [2.05, 4.69) is 13.0 Å². The van der Waals surface area contributed by atoms with Crippen molar-refractivity contribution in [2.75, 3.05) is 11.4 Å². The van der Waals surface area contributed by atoms with E-state index < -0.39 is 0 Å². The van der Waals surface area contributed by atoms with Gasteiger partial charge in [-0.2, -0.15) is 0 Å². The Hall–Kier alpha value is -1.31. The van der Waals surface area contributed by atoms with Gasteiger partial charge in [-0.25, -0.2) is 0 Å². The van der Waals surface area contributed by atoms with Gasteiger partial charge in [0.15, 0.2) is 0 Å². The minimum Gasteiger partial charge on any atom is -0.311 e. The lowest BCUT2D eigenvalue weighted by molar-refractivity contribution is -0.121. The SMILES string of the molecule is CC(C)C(=O)N1CC(C)c2ccccc21. The van der Waals surface area contributed by atoms with Gasteiger partial charge in [-0.3, -0.25) is 4.79 Å². The molecule has 0 radical (unpaired) electrons. The molecule has 1 aliphatic heterocycles. The molecule has 1 atom stereocenters. The Bertz CT molecular complexity index is 384. The molecule has 15 heavy (non-hydrogen) atoms. The highest BCUT2D eigenvalue weighted by Crippen LogP contribution is 2.36. The van der Waals surface area contributed by atoms with E-state index in [1.165, 1.54) is 5.56 Å². The van der Waals surface area contributed by atoms with Crippen LogP contribution >= 0.6 is 0 Å². The molecule has 1 aromatic carbocycles. The standard InChI is InChI=1S/C13H17NO/c1-9(2)13(15)14-8-10(3)11-6-4-5-7-12(11)14/h4-7,9-10H,8H2,1-3H3. The molecule has 0 N–H and O–H groups in total. The van der Waals surface area contributed by atoms with Crippen LogP contribution < -0.4 is 4.90 Å². The van der Waals surface area contributed by atoms with E-state index in [9.17, 15) is 4.79 Å². The van der Waals surface area contributed by atoms with Gasteiger partial charge in [-0.1, -0.05) is 39.0 Å². The van der Waals surface area contributed by atoms with Gasteiger partial charge in [0.1, 0.15) is 0 Å². The summed E-state index contributed by atoms with van der Waals surface area (Å²) >= 11 is 0. The van der Waals surface area contributed by atoms with Gasteiger partial charge in [0.25, 0.3) is 0 Å². The number of nitrogens with zero attached hydrogens (tertiary/aromatic N) is 1. The van der Waals surface area contributed by atoms with Crippen LogP contribution in [0.1, 0.15) is 32.3 Å². The van der Waals surface area contributed by atoms with Crippen molar-refractivity contribution >= 4 is 11.6 Å². The third-order valence-corrected chi connectivity index (χ3v) is 2.97. The molecule has 1 aromatic rings. The molecule has 0 bridgehead atoms. The summed E-state index contributed by atoms with van der Waals surface area (Å²) in [5, 5.41) is 0. The lowest BCUT2D eigenvalue weighted by Gasteiger charge is -2.19. The fraction of sp³-hybridized carbons (Fsp3) is 0.462. The Morgan fingerprint density at radius 1 is 1.40 bits per heavy atom. The van der Waals surface area contributed by atoms with Crippen molar-refractivity contribution in [3.05, 3.63) is 29.8 Å². The molecule has 2 rings (SSSR count). The number of benzene rings is 1. The quantitative estimate of drug-likeness (QED) is 0.687. The van der Waals surface area contributed by atoms with Crippen LogP contribution in [0, 0.1) is 5.92 Å². The Kier molecular flexibility index (Phi) is 2.51. The van der Waals surface area contributed by atoms with E-state index in [0.29, 0.717) is 5.92 Å². The third-order valence-electron chi connectivity index (χ3n) is 2.97. The van der Waals surface area contributed by atoms with E-state index in [0.717, 1.165) is 12.2 Å². The number of amides is 1. The van der Waals surface area contributed by atoms with Crippen molar-refractivity contribution < 1.29 is 4.79 Å². The Balaban J connectivity index is 2.36. The molecule has 1 heterocycles. The van der Waals surface area contributed by atoms with E-state index >= 15 is 0 Å². The van der Waals surface area contributed by atoms with Crippen molar-refractivity contribution in [1.29, 1.82) is 0 Å². The summed E-state index contributed by atoms with van der Waals surface area (Å²) in [6.45, 7) is 6.91. The largest absolute Gasteiger partial charge is 0.311 e. The zero-order valence-electron chi connectivity index (χ0n) is 9.53. The highest BCUT2D eigenvalue weighted by atomic mass is 16.2. The van der Waals surface area contributed by atoms with E-state index in [1.807, 2.05) is 36.9 Å². The minimum atomic E-state index is 0.0726. The van der Waals surface area contributed by atoms with Crippen LogP contribution in [0.4, 0.5) is 5.69 Å². The lowest BCUT2D eigenvalue weighted by atomic mass is 10.0. The van der Waals surface area contributed by atoms with Gasteiger partial charge >= 0.3 is 0 Å². The number of hydrogen-bond acceptors (Lipinski definition) is 1. The maximum Gasteiger partial charge on any atom is 0.229 e. The monoisotopic (exact) mass is 203 g/mol. The molecular weight excluding hydrogens is 186 g/mol. The predicted molar refractivity (Wildman–Crippen MR) is 62.0 cm³/mol. The van der Waals surface area contributed by atoms with E-state index in [1.54, 1.807) is 0 Å². The van der Waals surface area contributed by atoms with Gasteiger partial charge in [0.2, 0.25) is 5.91 Å². The second-order valence-corrected chi connectivity index (χ2v) is 4.56. The molecule has 2 heteroatoms. The average molecular weight is 203 g/mol.